The summed E-state index contributed by atoms with van der Waals surface area (Å²) in [7, 11) is 0. The van der Waals surface area contributed by atoms with Gasteiger partial charge >= 0.3 is 11.9 Å². The molecule has 0 aliphatic rings. The summed E-state index contributed by atoms with van der Waals surface area (Å²) in [6, 6.07) is 5.18. The molecule has 0 aliphatic carbocycles. The van der Waals surface area contributed by atoms with E-state index in [-0.39, 0.29) is 18.8 Å². The summed E-state index contributed by atoms with van der Waals surface area (Å²) < 4.78 is 9.62. The second-order valence-electron chi connectivity index (χ2n) is 3.25. The number of aromatic nitrogens is 1. The summed E-state index contributed by atoms with van der Waals surface area (Å²) in [4.78, 5) is 27.3. The standard InChI is InChI=1S/C13H15NO4/c1-3-17-12(15)11(13(16)18-4-2)9-10-7-5-6-8-14-10/h5-9H,3-4H2,1-2H3. The van der Waals surface area contributed by atoms with Crippen LogP contribution in [0.15, 0.2) is 30.0 Å². The number of hydrogen-bond acceptors (Lipinski definition) is 5. The molecule has 0 amide bonds. The van der Waals surface area contributed by atoms with Crippen LogP contribution in [0.25, 0.3) is 6.08 Å². The van der Waals surface area contributed by atoms with E-state index in [0.29, 0.717) is 5.69 Å². The number of nitrogens with zero attached hydrogens (tertiary/aromatic N) is 1. The van der Waals surface area contributed by atoms with Crippen LogP contribution in [0, 0.1) is 0 Å². The van der Waals surface area contributed by atoms with E-state index in [1.807, 2.05) is 0 Å². The zero-order chi connectivity index (χ0) is 13.4. The van der Waals surface area contributed by atoms with Gasteiger partial charge in [0.05, 0.1) is 18.9 Å². The van der Waals surface area contributed by atoms with E-state index < -0.39 is 11.9 Å². The van der Waals surface area contributed by atoms with Crippen molar-refractivity contribution in [2.45, 2.75) is 13.8 Å². The van der Waals surface area contributed by atoms with Gasteiger partial charge in [-0.15, -0.1) is 0 Å². The zero-order valence-corrected chi connectivity index (χ0v) is 10.4. The zero-order valence-electron chi connectivity index (χ0n) is 10.4. The molecular formula is C13H15NO4. The molecule has 1 aromatic rings. The molecule has 18 heavy (non-hydrogen) atoms. The predicted octanol–water partition coefficient (Wildman–Crippen LogP) is 1.59. The average molecular weight is 249 g/mol. The summed E-state index contributed by atoms with van der Waals surface area (Å²) in [5.41, 5.74) is 0.339. The highest BCUT2D eigenvalue weighted by Gasteiger charge is 2.20. The number of carbonyl (C=O) groups is 2. The quantitative estimate of drug-likeness (QED) is 0.343. The Balaban J connectivity index is 3.00. The normalized spacial score (nSPS) is 9.44. The minimum Gasteiger partial charge on any atom is -0.462 e. The van der Waals surface area contributed by atoms with Crippen LogP contribution in [0.1, 0.15) is 19.5 Å². The molecule has 1 rings (SSSR count). The SMILES string of the molecule is CCOC(=O)C(=Cc1ccccn1)C(=O)OCC. The van der Waals surface area contributed by atoms with Crippen molar-refractivity contribution in [3.05, 3.63) is 35.7 Å². The van der Waals surface area contributed by atoms with Crippen molar-refractivity contribution in [3.8, 4) is 0 Å². The summed E-state index contributed by atoms with van der Waals surface area (Å²) in [5, 5.41) is 0. The van der Waals surface area contributed by atoms with Gasteiger partial charge in [0, 0.05) is 6.20 Å². The lowest BCUT2D eigenvalue weighted by atomic mass is 10.2. The molecule has 0 fully saturated rings. The highest BCUT2D eigenvalue weighted by Crippen LogP contribution is 2.08. The number of rotatable bonds is 5. The topological polar surface area (TPSA) is 65.5 Å². The first-order chi connectivity index (χ1) is 8.69. The first-order valence-corrected chi connectivity index (χ1v) is 5.66. The number of ether oxygens (including phenoxy) is 2. The summed E-state index contributed by atoms with van der Waals surface area (Å²) in [6.07, 6.45) is 2.93. The van der Waals surface area contributed by atoms with E-state index in [9.17, 15) is 9.59 Å². The van der Waals surface area contributed by atoms with Crippen molar-refractivity contribution in [3.63, 3.8) is 0 Å². The molecule has 5 nitrogen and oxygen atoms in total. The van der Waals surface area contributed by atoms with Crippen LogP contribution in [-0.4, -0.2) is 30.1 Å². The number of esters is 2. The van der Waals surface area contributed by atoms with Crippen LogP contribution in [0.4, 0.5) is 0 Å². The number of carbonyl (C=O) groups excluding carboxylic acids is 2. The van der Waals surface area contributed by atoms with Crippen LogP contribution in [0.3, 0.4) is 0 Å². The average Bonchev–Trinajstić information content (AvgIpc) is 2.37. The molecule has 0 saturated heterocycles. The molecule has 0 radical (unpaired) electrons. The van der Waals surface area contributed by atoms with Gasteiger partial charge < -0.3 is 9.47 Å². The molecule has 1 heterocycles. The molecule has 0 aliphatic heterocycles. The molecule has 0 bridgehead atoms. The third-order valence-corrected chi connectivity index (χ3v) is 1.97. The first kappa shape index (κ1) is 13.9. The van der Waals surface area contributed by atoms with Crippen molar-refractivity contribution in [1.29, 1.82) is 0 Å². The molecule has 96 valence electrons. The number of hydrogen-bond donors (Lipinski definition) is 0. The maximum atomic E-state index is 11.6. The molecular weight excluding hydrogens is 234 g/mol. The second-order valence-corrected chi connectivity index (χ2v) is 3.25. The third-order valence-electron chi connectivity index (χ3n) is 1.97. The maximum Gasteiger partial charge on any atom is 0.345 e. The Labute approximate surface area is 105 Å². The van der Waals surface area contributed by atoms with Crippen molar-refractivity contribution in [2.75, 3.05) is 13.2 Å². The molecule has 0 unspecified atom stereocenters. The number of pyridine rings is 1. The Morgan fingerprint density at radius 2 is 1.78 bits per heavy atom. The van der Waals surface area contributed by atoms with E-state index in [1.54, 1.807) is 38.2 Å². The van der Waals surface area contributed by atoms with Gasteiger partial charge in [-0.25, -0.2) is 9.59 Å². The maximum absolute atomic E-state index is 11.6. The smallest absolute Gasteiger partial charge is 0.345 e. The van der Waals surface area contributed by atoms with Crippen LogP contribution in [0.5, 0.6) is 0 Å². The second kappa shape index (κ2) is 7.21. The van der Waals surface area contributed by atoms with Crippen molar-refractivity contribution in [2.24, 2.45) is 0 Å². The van der Waals surface area contributed by atoms with E-state index in [4.69, 9.17) is 9.47 Å². The molecule has 0 N–H and O–H groups in total. The van der Waals surface area contributed by atoms with Gasteiger partial charge in [0.15, 0.2) is 0 Å². The predicted molar refractivity (Wildman–Crippen MR) is 65.5 cm³/mol. The highest BCUT2D eigenvalue weighted by atomic mass is 16.6. The molecule has 0 spiro atoms. The van der Waals surface area contributed by atoms with Gasteiger partial charge in [-0.1, -0.05) is 6.07 Å². The fraction of sp³-hybridized carbons (Fsp3) is 0.308. The molecule has 0 saturated carbocycles. The Hall–Kier alpha value is -2.17. The van der Waals surface area contributed by atoms with E-state index in [0.717, 1.165) is 0 Å². The Morgan fingerprint density at radius 1 is 1.17 bits per heavy atom. The minimum absolute atomic E-state index is 0.155. The minimum atomic E-state index is -0.707. The molecule has 0 aromatic carbocycles. The van der Waals surface area contributed by atoms with E-state index in [1.165, 1.54) is 6.08 Å². The summed E-state index contributed by atoms with van der Waals surface area (Å²) in [6.45, 7) is 3.72. The molecule has 0 atom stereocenters. The fourth-order valence-electron chi connectivity index (χ4n) is 1.23. The largest absolute Gasteiger partial charge is 0.462 e. The van der Waals surface area contributed by atoms with Gasteiger partial charge in [-0.2, -0.15) is 0 Å². The van der Waals surface area contributed by atoms with E-state index in [2.05, 4.69) is 4.98 Å². The van der Waals surface area contributed by atoms with Crippen LogP contribution >= 0.6 is 0 Å². The van der Waals surface area contributed by atoms with Crippen LogP contribution in [-0.2, 0) is 19.1 Å². The van der Waals surface area contributed by atoms with Gasteiger partial charge in [0.25, 0.3) is 0 Å². The van der Waals surface area contributed by atoms with Crippen LogP contribution < -0.4 is 0 Å². The third kappa shape index (κ3) is 4.01. The van der Waals surface area contributed by atoms with Crippen molar-refractivity contribution in [1.82, 2.24) is 4.98 Å². The van der Waals surface area contributed by atoms with Gasteiger partial charge in [-0.05, 0) is 32.1 Å². The Bertz CT molecular complexity index is 420. The van der Waals surface area contributed by atoms with Gasteiger partial charge in [0.1, 0.15) is 5.57 Å². The lowest BCUT2D eigenvalue weighted by molar-refractivity contribution is -0.146. The highest BCUT2D eigenvalue weighted by molar-refractivity contribution is 6.17. The summed E-state index contributed by atoms with van der Waals surface area (Å²) in [5.74, 6) is -1.41. The Kier molecular flexibility index (Phi) is 5.57. The van der Waals surface area contributed by atoms with Gasteiger partial charge in [-0.3, -0.25) is 4.98 Å². The summed E-state index contributed by atoms with van der Waals surface area (Å²) >= 11 is 0. The van der Waals surface area contributed by atoms with Crippen molar-refractivity contribution < 1.29 is 19.1 Å². The monoisotopic (exact) mass is 249 g/mol. The molecule has 5 heteroatoms. The van der Waals surface area contributed by atoms with Gasteiger partial charge in [0.2, 0.25) is 0 Å². The first-order valence-electron chi connectivity index (χ1n) is 5.66. The fourth-order valence-corrected chi connectivity index (χ4v) is 1.23. The molecule has 1 aromatic heterocycles. The van der Waals surface area contributed by atoms with E-state index >= 15 is 0 Å². The van der Waals surface area contributed by atoms with Crippen LogP contribution in [0.2, 0.25) is 0 Å². The van der Waals surface area contributed by atoms with Crippen molar-refractivity contribution >= 4 is 18.0 Å². The lowest BCUT2D eigenvalue weighted by Crippen LogP contribution is -2.18. The Morgan fingerprint density at radius 3 is 2.22 bits per heavy atom. The lowest BCUT2D eigenvalue weighted by Gasteiger charge is -2.06.